The Morgan fingerprint density at radius 2 is 2.08 bits per heavy atom. The Balaban J connectivity index is 2.14. The Morgan fingerprint density at radius 3 is 2.75 bits per heavy atom. The standard InChI is InChI=1S/C12H10/c1-2-6-11(5-1)9-10-12-7-3-4-8-12/h1-10H/q-2/b10-9-. The van der Waals surface area contributed by atoms with Gasteiger partial charge >= 0.3 is 0 Å². The SMILES string of the molecule is C(=C/[c-]1cccc1)/c1cc[cH-]c1. The quantitative estimate of drug-likeness (QED) is 0.582. The van der Waals surface area contributed by atoms with Crippen molar-refractivity contribution in [3.8, 4) is 0 Å². The van der Waals surface area contributed by atoms with Gasteiger partial charge in [0.05, 0.1) is 0 Å². The van der Waals surface area contributed by atoms with Gasteiger partial charge in [-0.3, -0.25) is 0 Å². The molecular weight excluding hydrogens is 144 g/mol. The van der Waals surface area contributed by atoms with Gasteiger partial charge in [0.2, 0.25) is 0 Å². The van der Waals surface area contributed by atoms with Crippen molar-refractivity contribution in [1.29, 1.82) is 0 Å². The minimum atomic E-state index is 1.26. The molecule has 12 heavy (non-hydrogen) atoms. The van der Waals surface area contributed by atoms with Crippen LogP contribution in [0, 0.1) is 0 Å². The average molecular weight is 154 g/mol. The van der Waals surface area contributed by atoms with Gasteiger partial charge in [-0.1, -0.05) is 0 Å². The Labute approximate surface area is 72.5 Å². The molecule has 0 radical (unpaired) electrons. The van der Waals surface area contributed by atoms with Gasteiger partial charge in [-0.15, -0.1) is 17.7 Å². The summed E-state index contributed by atoms with van der Waals surface area (Å²) < 4.78 is 0. The maximum Gasteiger partial charge on any atom is -0.118 e. The molecule has 0 heterocycles. The highest BCUT2D eigenvalue weighted by Gasteiger charge is 1.73. The molecule has 0 spiro atoms. The summed E-state index contributed by atoms with van der Waals surface area (Å²) in [5.41, 5.74) is 2.52. The minimum Gasteiger partial charge on any atom is -0.220 e. The third-order valence-electron chi connectivity index (χ3n) is 1.85. The largest absolute Gasteiger partial charge is 0.220 e. The van der Waals surface area contributed by atoms with E-state index in [4.69, 9.17) is 0 Å². The first-order chi connectivity index (χ1) is 5.95. The van der Waals surface area contributed by atoms with Crippen molar-refractivity contribution in [1.82, 2.24) is 0 Å². The highest BCUT2D eigenvalue weighted by molar-refractivity contribution is 5.69. The van der Waals surface area contributed by atoms with Crippen LogP contribution >= 0.6 is 0 Å². The predicted octanol–water partition coefficient (Wildman–Crippen LogP) is 3.29. The van der Waals surface area contributed by atoms with E-state index in [0.29, 0.717) is 0 Å². The van der Waals surface area contributed by atoms with Crippen molar-refractivity contribution in [3.63, 3.8) is 0 Å². The first kappa shape index (κ1) is 7.11. The zero-order valence-corrected chi connectivity index (χ0v) is 6.77. The van der Waals surface area contributed by atoms with E-state index < -0.39 is 0 Å². The van der Waals surface area contributed by atoms with Gasteiger partial charge in [0, 0.05) is 0 Å². The molecule has 0 unspecified atom stereocenters. The molecule has 0 bridgehead atoms. The van der Waals surface area contributed by atoms with E-state index in [-0.39, 0.29) is 0 Å². The van der Waals surface area contributed by atoms with E-state index in [9.17, 15) is 0 Å². The number of rotatable bonds is 2. The van der Waals surface area contributed by atoms with Crippen LogP contribution < -0.4 is 0 Å². The van der Waals surface area contributed by atoms with Crippen LogP contribution in [0.15, 0.2) is 48.5 Å². The van der Waals surface area contributed by atoms with Crippen LogP contribution in [0.2, 0.25) is 0 Å². The highest BCUT2D eigenvalue weighted by Crippen LogP contribution is 2.08. The maximum atomic E-state index is 2.12. The smallest absolute Gasteiger partial charge is 0.118 e. The Hall–Kier alpha value is -1.56. The van der Waals surface area contributed by atoms with Gasteiger partial charge in [0.1, 0.15) is 0 Å². The molecule has 2 rings (SSSR count). The number of hydrogen-bond donors (Lipinski definition) is 0. The molecule has 0 aliphatic carbocycles. The lowest BCUT2D eigenvalue weighted by Gasteiger charge is -1.97. The van der Waals surface area contributed by atoms with E-state index in [1.54, 1.807) is 0 Å². The van der Waals surface area contributed by atoms with Gasteiger partial charge in [0.25, 0.3) is 0 Å². The summed E-state index contributed by atoms with van der Waals surface area (Å²) >= 11 is 0. The third kappa shape index (κ3) is 1.54. The fraction of sp³-hybridized carbons (Fsp3) is 0. The number of hydrogen-bond acceptors (Lipinski definition) is 0. The first-order valence-corrected chi connectivity index (χ1v) is 4.07. The van der Waals surface area contributed by atoms with Gasteiger partial charge in [-0.05, 0) is 0 Å². The maximum absolute atomic E-state index is 2.12. The van der Waals surface area contributed by atoms with Crippen LogP contribution in [0.25, 0.3) is 12.2 Å². The molecule has 0 aliphatic heterocycles. The summed E-state index contributed by atoms with van der Waals surface area (Å²) in [5, 5.41) is 0. The van der Waals surface area contributed by atoms with Crippen LogP contribution in [0.4, 0.5) is 0 Å². The molecular formula is C12H10-2. The fourth-order valence-electron chi connectivity index (χ4n) is 1.19. The van der Waals surface area contributed by atoms with E-state index in [0.717, 1.165) is 0 Å². The van der Waals surface area contributed by atoms with Crippen LogP contribution in [0.3, 0.4) is 0 Å². The fourth-order valence-corrected chi connectivity index (χ4v) is 1.19. The molecule has 0 aromatic heterocycles. The summed E-state index contributed by atoms with van der Waals surface area (Å²) in [6.07, 6.45) is 4.24. The molecule has 0 saturated heterocycles. The minimum absolute atomic E-state index is 1.26. The predicted molar refractivity (Wildman–Crippen MR) is 53.0 cm³/mol. The first-order valence-electron chi connectivity index (χ1n) is 4.07. The lowest BCUT2D eigenvalue weighted by Crippen LogP contribution is -1.61. The molecule has 0 saturated carbocycles. The van der Waals surface area contributed by atoms with Crippen LogP contribution in [0.5, 0.6) is 0 Å². The van der Waals surface area contributed by atoms with Gasteiger partial charge in [-0.2, -0.15) is 42.5 Å². The van der Waals surface area contributed by atoms with Crippen LogP contribution in [-0.4, -0.2) is 0 Å². The third-order valence-corrected chi connectivity index (χ3v) is 1.85. The van der Waals surface area contributed by atoms with Crippen molar-refractivity contribution < 1.29 is 0 Å². The Bertz CT molecular complexity index is 297. The van der Waals surface area contributed by atoms with Crippen molar-refractivity contribution >= 4 is 12.2 Å². The summed E-state index contributed by atoms with van der Waals surface area (Å²) in [5.74, 6) is 0. The molecule has 2 aromatic carbocycles. The molecule has 0 aliphatic rings. The van der Waals surface area contributed by atoms with Crippen molar-refractivity contribution in [3.05, 3.63) is 59.7 Å². The van der Waals surface area contributed by atoms with Crippen molar-refractivity contribution in [2.45, 2.75) is 0 Å². The van der Waals surface area contributed by atoms with E-state index in [1.807, 2.05) is 24.3 Å². The van der Waals surface area contributed by atoms with Crippen molar-refractivity contribution in [2.24, 2.45) is 0 Å². The molecule has 0 fully saturated rings. The monoisotopic (exact) mass is 154 g/mol. The highest BCUT2D eigenvalue weighted by atomic mass is 13.9. The van der Waals surface area contributed by atoms with Gasteiger partial charge < -0.3 is 0 Å². The zero-order valence-electron chi connectivity index (χ0n) is 6.77. The van der Waals surface area contributed by atoms with Gasteiger partial charge in [-0.25, -0.2) is 11.6 Å². The van der Waals surface area contributed by atoms with Crippen LogP contribution in [-0.2, 0) is 0 Å². The van der Waals surface area contributed by atoms with Crippen LogP contribution in [0.1, 0.15) is 11.1 Å². The topological polar surface area (TPSA) is 0 Å². The Kier molecular flexibility index (Phi) is 1.91. The lowest BCUT2D eigenvalue weighted by atomic mass is 10.2. The molecule has 0 amide bonds. The van der Waals surface area contributed by atoms with E-state index in [1.165, 1.54) is 11.1 Å². The van der Waals surface area contributed by atoms with E-state index >= 15 is 0 Å². The summed E-state index contributed by atoms with van der Waals surface area (Å²) in [6, 6.07) is 16.6. The molecule has 0 atom stereocenters. The second kappa shape index (κ2) is 3.22. The second-order valence-electron chi connectivity index (χ2n) is 2.77. The zero-order chi connectivity index (χ0) is 8.23. The van der Waals surface area contributed by atoms with Gasteiger partial charge in [0.15, 0.2) is 0 Å². The lowest BCUT2D eigenvalue weighted by molar-refractivity contribution is 1.85. The normalized spacial score (nSPS) is 11.0. The molecule has 0 N–H and O–H groups in total. The summed E-state index contributed by atoms with van der Waals surface area (Å²) in [4.78, 5) is 0. The molecule has 0 heteroatoms. The summed E-state index contributed by atoms with van der Waals surface area (Å²) in [6.45, 7) is 0. The molecule has 0 nitrogen and oxygen atoms in total. The van der Waals surface area contributed by atoms with Crippen molar-refractivity contribution in [2.75, 3.05) is 0 Å². The Morgan fingerprint density at radius 1 is 1.25 bits per heavy atom. The second-order valence-corrected chi connectivity index (χ2v) is 2.77. The molecule has 2 aromatic rings. The molecule has 60 valence electrons. The summed E-state index contributed by atoms with van der Waals surface area (Å²) in [7, 11) is 0. The van der Waals surface area contributed by atoms with E-state index in [2.05, 4.69) is 36.4 Å². The average Bonchev–Trinajstić information content (AvgIpc) is 2.74.